The van der Waals surface area contributed by atoms with Crippen LogP contribution in [0.25, 0.3) is 0 Å². The van der Waals surface area contributed by atoms with Crippen LogP contribution in [0.3, 0.4) is 0 Å². The molecule has 0 saturated carbocycles. The number of nitrogens with zero attached hydrogens (tertiary/aromatic N) is 2. The summed E-state index contributed by atoms with van der Waals surface area (Å²) >= 11 is 0. The minimum Gasteiger partial charge on any atom is -0.379 e. The van der Waals surface area contributed by atoms with Gasteiger partial charge in [-0.05, 0) is 24.3 Å². The molecule has 2 aromatic carbocycles. The highest BCUT2D eigenvalue weighted by Gasteiger charge is 2.13. The van der Waals surface area contributed by atoms with Crippen molar-refractivity contribution in [2.24, 2.45) is 0 Å². The van der Waals surface area contributed by atoms with Crippen molar-refractivity contribution in [2.75, 3.05) is 44.3 Å². The third-order valence-electron chi connectivity index (χ3n) is 3.88. The Labute approximate surface area is 138 Å². The van der Waals surface area contributed by atoms with E-state index in [2.05, 4.69) is 70.5 Å². The number of para-hydroxylation sites is 2. The Morgan fingerprint density at radius 1 is 0.818 bits per heavy atom. The van der Waals surface area contributed by atoms with E-state index < -0.39 is 0 Å². The van der Waals surface area contributed by atoms with Crippen LogP contribution in [0, 0.1) is 0 Å². The van der Waals surface area contributed by atoms with Gasteiger partial charge in [-0.3, -0.25) is 4.90 Å². The molecule has 118 valence electrons. The van der Waals surface area contributed by atoms with Crippen LogP contribution in [0.5, 0.6) is 0 Å². The molecule has 0 spiro atoms. The molecule has 4 heteroatoms. The molecule has 1 heterocycles. The number of anilines is 2. The fourth-order valence-electron chi connectivity index (χ4n) is 2.69. The molecule has 3 nitrogen and oxygen atoms in total. The zero-order valence-corrected chi connectivity index (χ0v) is 13.5. The molecule has 0 N–H and O–H groups in total. The first-order chi connectivity index (χ1) is 10.4. The Bertz CT molecular complexity index is 490. The maximum absolute atomic E-state index is 5.42. The summed E-state index contributed by atoms with van der Waals surface area (Å²) in [7, 11) is 0. The lowest BCUT2D eigenvalue weighted by atomic mass is 10.2. The predicted octanol–water partition coefficient (Wildman–Crippen LogP) is 3.58. The highest BCUT2D eigenvalue weighted by atomic mass is 35.5. The number of benzene rings is 2. The molecule has 22 heavy (non-hydrogen) atoms. The van der Waals surface area contributed by atoms with Gasteiger partial charge in [-0.1, -0.05) is 36.4 Å². The summed E-state index contributed by atoms with van der Waals surface area (Å²) in [6.07, 6.45) is 0. The third kappa shape index (κ3) is 4.47. The van der Waals surface area contributed by atoms with Crippen LogP contribution in [0.2, 0.25) is 0 Å². The van der Waals surface area contributed by atoms with Crippen molar-refractivity contribution in [3.63, 3.8) is 0 Å². The molecule has 0 bridgehead atoms. The smallest absolute Gasteiger partial charge is 0.0594 e. The van der Waals surface area contributed by atoms with Crippen molar-refractivity contribution in [1.29, 1.82) is 0 Å². The van der Waals surface area contributed by atoms with E-state index in [1.807, 2.05) is 0 Å². The lowest BCUT2D eigenvalue weighted by Crippen LogP contribution is -2.40. The van der Waals surface area contributed by atoms with E-state index in [1.54, 1.807) is 0 Å². The van der Waals surface area contributed by atoms with Crippen LogP contribution in [0.4, 0.5) is 11.4 Å². The Morgan fingerprint density at radius 3 is 1.82 bits per heavy atom. The van der Waals surface area contributed by atoms with Crippen LogP contribution < -0.4 is 4.90 Å². The molecule has 2 aromatic rings. The van der Waals surface area contributed by atoms with Crippen LogP contribution in [0.1, 0.15) is 0 Å². The summed E-state index contributed by atoms with van der Waals surface area (Å²) in [6.45, 7) is 5.85. The lowest BCUT2D eigenvalue weighted by Gasteiger charge is -2.31. The summed E-state index contributed by atoms with van der Waals surface area (Å²) < 4.78 is 5.42. The summed E-state index contributed by atoms with van der Waals surface area (Å²) in [6, 6.07) is 21.2. The topological polar surface area (TPSA) is 15.7 Å². The standard InChI is InChI=1S/C18H22N2O.ClH/c1-3-7-17(8-4-1)20(18-9-5-2-6-10-18)12-11-19-13-15-21-16-14-19;/h1-10H,11-16H2;1H. The van der Waals surface area contributed by atoms with Crippen molar-refractivity contribution >= 4 is 23.8 Å². The minimum absolute atomic E-state index is 0. The average Bonchev–Trinajstić information content (AvgIpc) is 2.58. The number of morpholine rings is 1. The summed E-state index contributed by atoms with van der Waals surface area (Å²) in [4.78, 5) is 4.86. The van der Waals surface area contributed by atoms with Gasteiger partial charge < -0.3 is 9.64 Å². The van der Waals surface area contributed by atoms with Crippen LogP contribution in [-0.2, 0) is 4.74 Å². The summed E-state index contributed by atoms with van der Waals surface area (Å²) in [5.74, 6) is 0. The summed E-state index contributed by atoms with van der Waals surface area (Å²) in [5.41, 5.74) is 2.49. The first-order valence-electron chi connectivity index (χ1n) is 7.61. The van der Waals surface area contributed by atoms with Crippen molar-refractivity contribution in [3.8, 4) is 0 Å². The van der Waals surface area contributed by atoms with Gasteiger partial charge >= 0.3 is 0 Å². The number of halogens is 1. The number of rotatable bonds is 5. The zero-order valence-electron chi connectivity index (χ0n) is 12.7. The number of ether oxygens (including phenoxy) is 1. The van der Waals surface area contributed by atoms with E-state index in [0.29, 0.717) is 0 Å². The first kappa shape index (κ1) is 16.8. The largest absolute Gasteiger partial charge is 0.379 e. The Morgan fingerprint density at radius 2 is 1.32 bits per heavy atom. The second-order valence-electron chi connectivity index (χ2n) is 5.28. The van der Waals surface area contributed by atoms with E-state index in [1.165, 1.54) is 11.4 Å². The zero-order chi connectivity index (χ0) is 14.3. The average molecular weight is 319 g/mol. The molecule has 0 aliphatic carbocycles. The van der Waals surface area contributed by atoms with E-state index in [9.17, 15) is 0 Å². The van der Waals surface area contributed by atoms with Crippen molar-refractivity contribution in [2.45, 2.75) is 0 Å². The van der Waals surface area contributed by atoms with Gasteiger partial charge in [0.15, 0.2) is 0 Å². The molecule has 0 amide bonds. The molecule has 1 aliphatic heterocycles. The van der Waals surface area contributed by atoms with Gasteiger partial charge in [0.25, 0.3) is 0 Å². The Hall–Kier alpha value is -1.55. The van der Waals surface area contributed by atoms with Gasteiger partial charge in [-0.15, -0.1) is 12.4 Å². The maximum atomic E-state index is 5.42. The Balaban J connectivity index is 0.00000176. The van der Waals surface area contributed by atoms with E-state index >= 15 is 0 Å². The van der Waals surface area contributed by atoms with Crippen molar-refractivity contribution < 1.29 is 4.74 Å². The van der Waals surface area contributed by atoms with Crippen molar-refractivity contribution in [3.05, 3.63) is 60.7 Å². The van der Waals surface area contributed by atoms with Gasteiger partial charge in [0.1, 0.15) is 0 Å². The fraction of sp³-hybridized carbons (Fsp3) is 0.333. The highest BCUT2D eigenvalue weighted by molar-refractivity contribution is 5.85. The number of hydrogen-bond acceptors (Lipinski definition) is 3. The molecular weight excluding hydrogens is 296 g/mol. The molecule has 1 fully saturated rings. The molecule has 0 aromatic heterocycles. The molecule has 0 atom stereocenters. The molecule has 1 saturated heterocycles. The first-order valence-corrected chi connectivity index (χ1v) is 7.61. The molecule has 1 aliphatic rings. The SMILES string of the molecule is Cl.c1ccc(N(CCN2CCOCC2)c2ccccc2)cc1. The highest BCUT2D eigenvalue weighted by Crippen LogP contribution is 2.24. The molecular formula is C18H23ClN2O. The van der Waals surface area contributed by atoms with E-state index in [-0.39, 0.29) is 12.4 Å². The predicted molar refractivity (Wildman–Crippen MR) is 94.4 cm³/mol. The van der Waals surface area contributed by atoms with Gasteiger partial charge in [0.2, 0.25) is 0 Å². The second kappa shape index (κ2) is 8.79. The number of hydrogen-bond donors (Lipinski definition) is 0. The van der Waals surface area contributed by atoms with Crippen molar-refractivity contribution in [1.82, 2.24) is 4.90 Å². The maximum Gasteiger partial charge on any atom is 0.0594 e. The van der Waals surface area contributed by atoms with E-state index in [0.717, 1.165) is 39.4 Å². The van der Waals surface area contributed by atoms with Gasteiger partial charge in [-0.25, -0.2) is 0 Å². The molecule has 0 radical (unpaired) electrons. The minimum atomic E-state index is 0. The monoisotopic (exact) mass is 318 g/mol. The van der Waals surface area contributed by atoms with Gasteiger partial charge in [0, 0.05) is 37.6 Å². The third-order valence-corrected chi connectivity index (χ3v) is 3.88. The van der Waals surface area contributed by atoms with Crippen LogP contribution in [-0.4, -0.2) is 44.3 Å². The van der Waals surface area contributed by atoms with Crippen LogP contribution >= 0.6 is 12.4 Å². The van der Waals surface area contributed by atoms with Gasteiger partial charge in [-0.2, -0.15) is 0 Å². The van der Waals surface area contributed by atoms with Crippen LogP contribution in [0.15, 0.2) is 60.7 Å². The fourth-order valence-corrected chi connectivity index (χ4v) is 2.69. The Kier molecular flexibility index (Phi) is 6.72. The summed E-state index contributed by atoms with van der Waals surface area (Å²) in [5, 5.41) is 0. The second-order valence-corrected chi connectivity index (χ2v) is 5.28. The quantitative estimate of drug-likeness (QED) is 0.838. The normalized spacial score (nSPS) is 15.1. The molecule has 3 rings (SSSR count). The van der Waals surface area contributed by atoms with E-state index in [4.69, 9.17) is 4.74 Å². The van der Waals surface area contributed by atoms with Gasteiger partial charge in [0.05, 0.1) is 13.2 Å². The lowest BCUT2D eigenvalue weighted by molar-refractivity contribution is 0.0394. The molecule has 0 unspecified atom stereocenters.